The van der Waals surface area contributed by atoms with Crippen LogP contribution in [0.5, 0.6) is 0 Å². The van der Waals surface area contributed by atoms with E-state index in [4.69, 9.17) is 4.42 Å². The van der Waals surface area contributed by atoms with Gasteiger partial charge in [0.1, 0.15) is 11.8 Å². The molecular formula is C11H10BrNOS. The molecule has 2 aromatic rings. The summed E-state index contributed by atoms with van der Waals surface area (Å²) in [7, 11) is 0. The van der Waals surface area contributed by atoms with E-state index >= 15 is 0 Å². The average Bonchev–Trinajstić information content (AvgIpc) is 2.85. The molecule has 0 amide bonds. The molecule has 4 heteroatoms. The molecule has 0 fully saturated rings. The third-order valence-electron chi connectivity index (χ3n) is 2.69. The minimum atomic E-state index is 0.220. The lowest BCUT2D eigenvalue weighted by atomic mass is 10.0. The molecule has 15 heavy (non-hydrogen) atoms. The number of nitrogens with one attached hydrogen (secondary N) is 1. The standard InChI is InChI=1S/C11H10BrNOS/c12-8-3-6-15-11(8)9-10-7(1-4-13-9)2-5-14-10/h2-3,5-6,9,13H,1,4H2. The highest BCUT2D eigenvalue weighted by atomic mass is 79.9. The number of hydrogen-bond donors (Lipinski definition) is 1. The maximum absolute atomic E-state index is 5.57. The Morgan fingerprint density at radius 2 is 2.40 bits per heavy atom. The molecule has 0 aliphatic carbocycles. The molecule has 1 aliphatic heterocycles. The zero-order valence-electron chi connectivity index (χ0n) is 8.00. The minimum Gasteiger partial charge on any atom is -0.467 e. The van der Waals surface area contributed by atoms with Gasteiger partial charge in [0.15, 0.2) is 0 Å². The monoisotopic (exact) mass is 283 g/mol. The quantitative estimate of drug-likeness (QED) is 0.869. The van der Waals surface area contributed by atoms with Crippen LogP contribution in [0.2, 0.25) is 0 Å². The Bertz CT molecular complexity index is 476. The summed E-state index contributed by atoms with van der Waals surface area (Å²) in [4.78, 5) is 1.30. The van der Waals surface area contributed by atoms with Crippen LogP contribution >= 0.6 is 27.3 Å². The second kappa shape index (κ2) is 3.77. The van der Waals surface area contributed by atoms with E-state index in [9.17, 15) is 0 Å². The largest absolute Gasteiger partial charge is 0.467 e. The van der Waals surface area contributed by atoms with E-state index in [0.717, 1.165) is 23.2 Å². The van der Waals surface area contributed by atoms with Crippen LogP contribution < -0.4 is 5.32 Å². The number of fused-ring (bicyclic) bond motifs is 1. The Hall–Kier alpha value is -0.580. The smallest absolute Gasteiger partial charge is 0.129 e. The maximum Gasteiger partial charge on any atom is 0.129 e. The van der Waals surface area contributed by atoms with E-state index in [2.05, 4.69) is 38.8 Å². The molecule has 0 saturated heterocycles. The first-order valence-electron chi connectivity index (χ1n) is 4.89. The number of hydrogen-bond acceptors (Lipinski definition) is 3. The van der Waals surface area contributed by atoms with Crippen LogP contribution in [0, 0.1) is 0 Å². The van der Waals surface area contributed by atoms with Crippen molar-refractivity contribution in [3.8, 4) is 0 Å². The summed E-state index contributed by atoms with van der Waals surface area (Å²) in [5.74, 6) is 1.07. The number of thiophene rings is 1. The Labute approximate surface area is 100 Å². The van der Waals surface area contributed by atoms with Crippen molar-refractivity contribution in [2.24, 2.45) is 0 Å². The molecule has 0 radical (unpaired) electrons. The summed E-state index contributed by atoms with van der Waals surface area (Å²) in [5, 5.41) is 5.59. The molecule has 78 valence electrons. The number of halogens is 1. The van der Waals surface area contributed by atoms with Crippen molar-refractivity contribution < 1.29 is 4.42 Å². The molecule has 0 aromatic carbocycles. The summed E-state index contributed by atoms with van der Waals surface area (Å²) < 4.78 is 6.73. The predicted octanol–water partition coefficient (Wildman–Crippen LogP) is 3.34. The second-order valence-electron chi connectivity index (χ2n) is 3.58. The SMILES string of the molecule is Brc1ccsc1C1NCCc2ccoc21. The van der Waals surface area contributed by atoms with Crippen LogP contribution in [-0.4, -0.2) is 6.54 Å². The summed E-state index contributed by atoms with van der Waals surface area (Å²) in [6.45, 7) is 1.02. The molecule has 3 rings (SSSR count). The van der Waals surface area contributed by atoms with Gasteiger partial charge < -0.3 is 9.73 Å². The Kier molecular flexibility index (Phi) is 2.42. The van der Waals surface area contributed by atoms with Gasteiger partial charge >= 0.3 is 0 Å². The second-order valence-corrected chi connectivity index (χ2v) is 5.38. The van der Waals surface area contributed by atoms with Crippen molar-refractivity contribution in [2.45, 2.75) is 12.5 Å². The van der Waals surface area contributed by atoms with Gasteiger partial charge in [0.2, 0.25) is 0 Å². The molecule has 0 saturated carbocycles. The van der Waals surface area contributed by atoms with E-state index in [-0.39, 0.29) is 6.04 Å². The van der Waals surface area contributed by atoms with Gasteiger partial charge in [-0.15, -0.1) is 11.3 Å². The molecule has 0 spiro atoms. The van der Waals surface area contributed by atoms with E-state index in [1.807, 2.05) is 0 Å². The normalized spacial score (nSPS) is 20.2. The zero-order chi connectivity index (χ0) is 10.3. The highest BCUT2D eigenvalue weighted by molar-refractivity contribution is 9.10. The molecule has 1 aliphatic rings. The van der Waals surface area contributed by atoms with Crippen molar-refractivity contribution in [3.05, 3.63) is 44.4 Å². The summed E-state index contributed by atoms with van der Waals surface area (Å²) in [5.41, 5.74) is 1.33. The fraction of sp³-hybridized carbons (Fsp3) is 0.273. The fourth-order valence-corrected chi connectivity index (χ4v) is 3.65. The van der Waals surface area contributed by atoms with Crippen LogP contribution in [0.3, 0.4) is 0 Å². The Morgan fingerprint density at radius 1 is 1.47 bits per heavy atom. The first-order valence-corrected chi connectivity index (χ1v) is 6.56. The van der Waals surface area contributed by atoms with Crippen LogP contribution in [0.25, 0.3) is 0 Å². The molecule has 1 unspecified atom stereocenters. The summed E-state index contributed by atoms with van der Waals surface area (Å²) >= 11 is 5.32. The highest BCUT2D eigenvalue weighted by Gasteiger charge is 2.26. The third-order valence-corrected chi connectivity index (χ3v) is 4.63. The lowest BCUT2D eigenvalue weighted by Crippen LogP contribution is -2.29. The number of rotatable bonds is 1. The summed E-state index contributed by atoms with van der Waals surface area (Å²) in [6.07, 6.45) is 2.84. The first kappa shape index (κ1) is 9.63. The lowest BCUT2D eigenvalue weighted by Gasteiger charge is -2.22. The van der Waals surface area contributed by atoms with Gasteiger partial charge in [-0.2, -0.15) is 0 Å². The molecule has 2 nitrogen and oxygen atoms in total. The van der Waals surface area contributed by atoms with Crippen LogP contribution in [0.1, 0.15) is 22.2 Å². The highest BCUT2D eigenvalue weighted by Crippen LogP contribution is 2.36. The first-order chi connectivity index (χ1) is 7.36. The van der Waals surface area contributed by atoms with Crippen LogP contribution in [0.15, 0.2) is 32.7 Å². The van der Waals surface area contributed by atoms with Crippen molar-refractivity contribution in [1.29, 1.82) is 0 Å². The zero-order valence-corrected chi connectivity index (χ0v) is 10.4. The summed E-state index contributed by atoms with van der Waals surface area (Å²) in [6, 6.07) is 4.38. The fourth-order valence-electron chi connectivity index (χ4n) is 1.97. The molecule has 3 heterocycles. The van der Waals surface area contributed by atoms with Crippen molar-refractivity contribution in [2.75, 3.05) is 6.54 Å². The van der Waals surface area contributed by atoms with Gasteiger partial charge in [0.05, 0.1) is 6.26 Å². The molecule has 1 N–H and O–H groups in total. The van der Waals surface area contributed by atoms with E-state index in [1.165, 1.54) is 10.4 Å². The number of furan rings is 1. The van der Waals surface area contributed by atoms with Crippen molar-refractivity contribution >= 4 is 27.3 Å². The molecule has 0 bridgehead atoms. The molecular weight excluding hydrogens is 274 g/mol. The van der Waals surface area contributed by atoms with Gasteiger partial charge in [-0.3, -0.25) is 0 Å². The third kappa shape index (κ3) is 1.57. The van der Waals surface area contributed by atoms with E-state index in [0.29, 0.717) is 0 Å². The van der Waals surface area contributed by atoms with Gasteiger partial charge in [-0.25, -0.2) is 0 Å². The van der Waals surface area contributed by atoms with Crippen molar-refractivity contribution in [1.82, 2.24) is 5.32 Å². The Balaban J connectivity index is 2.07. The van der Waals surface area contributed by atoms with Crippen molar-refractivity contribution in [3.63, 3.8) is 0 Å². The van der Waals surface area contributed by atoms with Gasteiger partial charge in [0.25, 0.3) is 0 Å². The molecule has 2 aromatic heterocycles. The van der Waals surface area contributed by atoms with E-state index in [1.54, 1.807) is 17.6 Å². The van der Waals surface area contributed by atoms with Gasteiger partial charge in [-0.1, -0.05) is 0 Å². The maximum atomic E-state index is 5.57. The van der Waals surface area contributed by atoms with E-state index < -0.39 is 0 Å². The average molecular weight is 284 g/mol. The minimum absolute atomic E-state index is 0.220. The van der Waals surface area contributed by atoms with Crippen LogP contribution in [0.4, 0.5) is 0 Å². The van der Waals surface area contributed by atoms with Gasteiger partial charge in [-0.05, 0) is 45.4 Å². The Morgan fingerprint density at radius 3 is 3.20 bits per heavy atom. The molecule has 1 atom stereocenters. The predicted molar refractivity (Wildman–Crippen MR) is 64.3 cm³/mol. The van der Waals surface area contributed by atoms with Gasteiger partial charge in [0, 0.05) is 15.9 Å². The lowest BCUT2D eigenvalue weighted by molar-refractivity contribution is 0.428. The van der Waals surface area contributed by atoms with Crippen LogP contribution in [-0.2, 0) is 6.42 Å². The topological polar surface area (TPSA) is 25.2 Å².